The van der Waals surface area contributed by atoms with Gasteiger partial charge in [0.2, 0.25) is 6.41 Å². The SMILES string of the molecule is CO/C=C(/C(=O)NC=O)c1ccccc1COS. The number of ether oxygens (including phenoxy) is 1. The first-order valence-corrected chi connectivity index (χ1v) is 5.43. The van der Waals surface area contributed by atoms with Gasteiger partial charge in [0.1, 0.15) is 0 Å². The largest absolute Gasteiger partial charge is 0.504 e. The molecule has 0 unspecified atom stereocenters. The van der Waals surface area contributed by atoms with Gasteiger partial charge in [-0.2, -0.15) is 0 Å². The van der Waals surface area contributed by atoms with Crippen molar-refractivity contribution in [2.24, 2.45) is 0 Å². The van der Waals surface area contributed by atoms with Crippen LogP contribution in [-0.2, 0) is 25.1 Å². The molecule has 1 aromatic rings. The first kappa shape index (κ1) is 14.3. The number of hydrogen-bond donors (Lipinski definition) is 2. The van der Waals surface area contributed by atoms with E-state index in [9.17, 15) is 9.59 Å². The summed E-state index contributed by atoms with van der Waals surface area (Å²) >= 11 is 3.69. The standard InChI is InChI=1S/C12H13NO4S/c1-16-7-11(12(15)13-8-14)10-5-3-2-4-9(10)6-17-18/h2-5,7-8,18H,6H2,1H3,(H,13,14,15)/b11-7+. The fraction of sp³-hybridized carbons (Fsp3) is 0.167. The molecule has 6 heteroatoms. The van der Waals surface area contributed by atoms with Crippen molar-refractivity contribution in [1.29, 1.82) is 0 Å². The molecule has 2 amide bonds. The lowest BCUT2D eigenvalue weighted by atomic mass is 10.0. The Morgan fingerprint density at radius 3 is 2.78 bits per heavy atom. The number of carbonyl (C=O) groups excluding carboxylic acids is 2. The first-order valence-electron chi connectivity index (χ1n) is 5.06. The van der Waals surface area contributed by atoms with E-state index in [1.165, 1.54) is 13.4 Å². The van der Waals surface area contributed by atoms with Gasteiger partial charge in [0.25, 0.3) is 5.91 Å². The van der Waals surface area contributed by atoms with Crippen LogP contribution in [0.5, 0.6) is 0 Å². The predicted octanol–water partition coefficient (Wildman–Crippen LogP) is 1.31. The van der Waals surface area contributed by atoms with Crippen LogP contribution < -0.4 is 5.32 Å². The van der Waals surface area contributed by atoms with E-state index in [2.05, 4.69) is 18.2 Å². The van der Waals surface area contributed by atoms with Gasteiger partial charge in [0.05, 0.1) is 25.6 Å². The summed E-state index contributed by atoms with van der Waals surface area (Å²) in [5.41, 5.74) is 1.62. The van der Waals surface area contributed by atoms with Crippen molar-refractivity contribution in [3.8, 4) is 0 Å². The molecule has 0 aliphatic carbocycles. The highest BCUT2D eigenvalue weighted by atomic mass is 32.1. The number of hydrogen-bond acceptors (Lipinski definition) is 5. The zero-order valence-corrected chi connectivity index (χ0v) is 10.6. The topological polar surface area (TPSA) is 64.6 Å². The third-order valence-electron chi connectivity index (χ3n) is 2.20. The molecule has 0 radical (unpaired) electrons. The fourth-order valence-corrected chi connectivity index (χ4v) is 1.61. The summed E-state index contributed by atoms with van der Waals surface area (Å²) in [6.45, 7) is 0.231. The number of rotatable bonds is 6. The summed E-state index contributed by atoms with van der Waals surface area (Å²) in [5, 5.41) is 2.07. The molecule has 1 aromatic carbocycles. The normalized spacial score (nSPS) is 10.9. The molecule has 1 rings (SSSR count). The van der Waals surface area contributed by atoms with Crippen LogP contribution in [0.25, 0.3) is 5.57 Å². The highest BCUT2D eigenvalue weighted by Crippen LogP contribution is 2.20. The van der Waals surface area contributed by atoms with Crippen molar-refractivity contribution in [3.63, 3.8) is 0 Å². The van der Waals surface area contributed by atoms with Crippen molar-refractivity contribution in [2.45, 2.75) is 6.61 Å². The molecule has 18 heavy (non-hydrogen) atoms. The average Bonchev–Trinajstić information content (AvgIpc) is 2.37. The highest BCUT2D eigenvalue weighted by Gasteiger charge is 2.15. The van der Waals surface area contributed by atoms with Gasteiger partial charge in [0, 0.05) is 0 Å². The molecular weight excluding hydrogens is 254 g/mol. The molecule has 0 spiro atoms. The minimum absolute atomic E-state index is 0.231. The maximum absolute atomic E-state index is 11.7. The Hall–Kier alpha value is -1.79. The van der Waals surface area contributed by atoms with Crippen LogP contribution >= 0.6 is 12.9 Å². The summed E-state index contributed by atoms with van der Waals surface area (Å²) in [6, 6.07) is 7.11. The number of amides is 2. The summed E-state index contributed by atoms with van der Waals surface area (Å²) in [6.07, 6.45) is 1.60. The second kappa shape index (κ2) is 7.52. The number of imide groups is 1. The van der Waals surface area contributed by atoms with E-state index >= 15 is 0 Å². The molecule has 0 aromatic heterocycles. The van der Waals surface area contributed by atoms with E-state index < -0.39 is 5.91 Å². The lowest BCUT2D eigenvalue weighted by Crippen LogP contribution is -2.23. The molecule has 5 nitrogen and oxygen atoms in total. The van der Waals surface area contributed by atoms with Crippen LogP contribution in [0, 0.1) is 0 Å². The van der Waals surface area contributed by atoms with E-state index in [0.717, 1.165) is 5.56 Å². The van der Waals surface area contributed by atoms with Gasteiger partial charge in [-0.1, -0.05) is 24.3 Å². The number of nitrogens with one attached hydrogen (secondary N) is 1. The molecule has 1 N–H and O–H groups in total. The van der Waals surface area contributed by atoms with E-state index in [-0.39, 0.29) is 12.2 Å². The predicted molar refractivity (Wildman–Crippen MR) is 69.4 cm³/mol. The Kier molecular flexibility index (Phi) is 5.96. The van der Waals surface area contributed by atoms with Crippen LogP contribution in [-0.4, -0.2) is 19.4 Å². The van der Waals surface area contributed by atoms with Gasteiger partial charge in [-0.05, 0) is 24.0 Å². The minimum atomic E-state index is -0.543. The Bertz CT molecular complexity index is 459. The van der Waals surface area contributed by atoms with Crippen molar-refractivity contribution in [1.82, 2.24) is 5.32 Å². The Morgan fingerprint density at radius 2 is 2.17 bits per heavy atom. The summed E-state index contributed by atoms with van der Waals surface area (Å²) in [7, 11) is 1.42. The van der Waals surface area contributed by atoms with Crippen LogP contribution in [0.3, 0.4) is 0 Å². The number of benzene rings is 1. The fourth-order valence-electron chi connectivity index (χ4n) is 1.47. The van der Waals surface area contributed by atoms with Gasteiger partial charge >= 0.3 is 0 Å². The van der Waals surface area contributed by atoms with Crippen molar-refractivity contribution in [3.05, 3.63) is 41.7 Å². The molecule has 0 fully saturated rings. The summed E-state index contributed by atoms with van der Waals surface area (Å²) < 4.78 is 9.62. The molecule has 96 valence electrons. The van der Waals surface area contributed by atoms with Crippen LogP contribution in [0.15, 0.2) is 30.5 Å². The molecular formula is C12H13NO4S. The van der Waals surface area contributed by atoms with Gasteiger partial charge < -0.3 is 8.92 Å². The van der Waals surface area contributed by atoms with Crippen LogP contribution in [0.2, 0.25) is 0 Å². The zero-order valence-electron chi connectivity index (χ0n) is 9.75. The van der Waals surface area contributed by atoms with E-state index in [1.54, 1.807) is 18.2 Å². The minimum Gasteiger partial charge on any atom is -0.504 e. The van der Waals surface area contributed by atoms with Crippen molar-refractivity contribution in [2.75, 3.05) is 7.11 Å². The first-order chi connectivity index (χ1) is 8.74. The molecule has 0 aliphatic rings. The van der Waals surface area contributed by atoms with Crippen molar-refractivity contribution < 1.29 is 18.5 Å². The molecule has 0 bridgehead atoms. The Labute approximate surface area is 110 Å². The maximum atomic E-state index is 11.7. The van der Waals surface area contributed by atoms with Gasteiger partial charge in [-0.3, -0.25) is 14.9 Å². The van der Waals surface area contributed by atoms with E-state index in [1.807, 2.05) is 6.07 Å². The smallest absolute Gasteiger partial charge is 0.261 e. The van der Waals surface area contributed by atoms with Crippen LogP contribution in [0.1, 0.15) is 11.1 Å². The van der Waals surface area contributed by atoms with Gasteiger partial charge in [-0.25, -0.2) is 0 Å². The molecule has 0 saturated carbocycles. The molecule has 0 aliphatic heterocycles. The maximum Gasteiger partial charge on any atom is 0.261 e. The zero-order chi connectivity index (χ0) is 13.4. The second-order valence-corrected chi connectivity index (χ2v) is 3.55. The van der Waals surface area contributed by atoms with E-state index in [0.29, 0.717) is 12.0 Å². The van der Waals surface area contributed by atoms with Crippen molar-refractivity contribution >= 4 is 30.8 Å². The number of thiol groups is 1. The average molecular weight is 267 g/mol. The summed E-state index contributed by atoms with van der Waals surface area (Å²) in [5.74, 6) is -0.543. The second-order valence-electron chi connectivity index (χ2n) is 3.29. The Morgan fingerprint density at radius 1 is 1.44 bits per heavy atom. The lowest BCUT2D eigenvalue weighted by molar-refractivity contribution is -0.121. The third-order valence-corrected chi connectivity index (χ3v) is 2.33. The summed E-state index contributed by atoms with van der Waals surface area (Å²) in [4.78, 5) is 22.1. The van der Waals surface area contributed by atoms with Crippen LogP contribution in [0.4, 0.5) is 0 Å². The number of carbonyl (C=O) groups is 2. The van der Waals surface area contributed by atoms with Gasteiger partial charge in [0.15, 0.2) is 0 Å². The Balaban J connectivity index is 3.17. The highest BCUT2D eigenvalue weighted by molar-refractivity contribution is 7.75. The monoisotopic (exact) mass is 267 g/mol. The third kappa shape index (κ3) is 3.61. The number of methoxy groups -OCH3 is 1. The van der Waals surface area contributed by atoms with E-state index in [4.69, 9.17) is 8.92 Å². The molecule has 0 saturated heterocycles. The molecule has 0 atom stereocenters. The van der Waals surface area contributed by atoms with Gasteiger partial charge in [-0.15, -0.1) is 0 Å². The molecule has 0 heterocycles. The lowest BCUT2D eigenvalue weighted by Gasteiger charge is -2.10. The quantitative estimate of drug-likeness (QED) is 0.268.